The number of rotatable bonds is 11. The van der Waals surface area contributed by atoms with E-state index in [1.807, 2.05) is 12.1 Å². The molecule has 1 unspecified atom stereocenters. The van der Waals surface area contributed by atoms with Gasteiger partial charge in [-0.25, -0.2) is 4.39 Å². The van der Waals surface area contributed by atoms with E-state index in [9.17, 15) is 4.39 Å². The van der Waals surface area contributed by atoms with Gasteiger partial charge in [-0.3, -0.25) is 0 Å². The maximum atomic E-state index is 13.2. The molecule has 0 spiro atoms. The lowest BCUT2D eigenvalue weighted by atomic mass is 9.94. The fraction of sp³-hybridized carbons (Fsp3) is 0.667. The summed E-state index contributed by atoms with van der Waals surface area (Å²) < 4.78 is 13.2. The van der Waals surface area contributed by atoms with Crippen LogP contribution in [0, 0.1) is 5.82 Å². The van der Waals surface area contributed by atoms with E-state index in [0.717, 1.165) is 17.3 Å². The molecular weight excluding hydrogens is 315 g/mol. The van der Waals surface area contributed by atoms with Crippen LogP contribution in [0.4, 0.5) is 4.39 Å². The van der Waals surface area contributed by atoms with Gasteiger partial charge < -0.3 is 0 Å². The minimum Gasteiger partial charge on any atom is -0.207 e. The number of hydrogen-bond donors (Lipinski definition) is 0. The third-order valence-corrected chi connectivity index (χ3v) is 4.69. The van der Waals surface area contributed by atoms with Crippen molar-refractivity contribution in [3.63, 3.8) is 0 Å². The molecule has 0 fully saturated rings. The van der Waals surface area contributed by atoms with Crippen LogP contribution in [-0.4, -0.2) is 5.33 Å². The van der Waals surface area contributed by atoms with Crippen molar-refractivity contribution in [2.75, 3.05) is 5.33 Å². The molecule has 0 bridgehead atoms. The van der Waals surface area contributed by atoms with Crippen molar-refractivity contribution in [1.82, 2.24) is 0 Å². The first-order chi connectivity index (χ1) is 9.77. The molecule has 0 aliphatic carbocycles. The van der Waals surface area contributed by atoms with Gasteiger partial charge in [0.05, 0.1) is 0 Å². The summed E-state index contributed by atoms with van der Waals surface area (Å²) in [5.74, 6) is 0.329. The predicted octanol–water partition coefficient (Wildman–Crippen LogP) is 6.84. The van der Waals surface area contributed by atoms with Crippen LogP contribution in [0.1, 0.15) is 76.2 Å². The summed E-state index contributed by atoms with van der Waals surface area (Å²) in [4.78, 5) is 0. The Labute approximate surface area is 132 Å². The molecule has 0 aliphatic rings. The first-order valence-corrected chi connectivity index (χ1v) is 9.21. The average molecular weight is 343 g/mol. The van der Waals surface area contributed by atoms with Crippen molar-refractivity contribution in [2.24, 2.45) is 0 Å². The molecule has 1 aromatic carbocycles. The number of unbranched alkanes of at least 4 members (excludes halogenated alkanes) is 7. The summed E-state index contributed by atoms with van der Waals surface area (Å²) in [6, 6.07) is 7.05. The third kappa shape index (κ3) is 7.42. The van der Waals surface area contributed by atoms with Crippen LogP contribution in [0.25, 0.3) is 0 Å². The van der Waals surface area contributed by atoms with Gasteiger partial charge in [0, 0.05) is 5.33 Å². The summed E-state index contributed by atoms with van der Waals surface area (Å²) in [6.45, 7) is 2.26. The van der Waals surface area contributed by atoms with E-state index >= 15 is 0 Å². The fourth-order valence-corrected chi connectivity index (χ4v) is 3.32. The van der Waals surface area contributed by atoms with Crippen LogP contribution in [0.5, 0.6) is 0 Å². The zero-order valence-corrected chi connectivity index (χ0v) is 14.3. The molecule has 0 aromatic heterocycles. The summed E-state index contributed by atoms with van der Waals surface area (Å²) >= 11 is 3.57. The summed E-state index contributed by atoms with van der Waals surface area (Å²) in [6.07, 6.45) is 11.9. The van der Waals surface area contributed by atoms with E-state index in [1.165, 1.54) is 57.4 Å². The van der Waals surface area contributed by atoms with Gasteiger partial charge in [-0.1, -0.05) is 86.4 Å². The Balaban J connectivity index is 2.16. The highest BCUT2D eigenvalue weighted by Gasteiger charge is 2.10. The van der Waals surface area contributed by atoms with Crippen molar-refractivity contribution in [3.8, 4) is 0 Å². The van der Waals surface area contributed by atoms with Crippen molar-refractivity contribution in [2.45, 2.75) is 70.6 Å². The highest BCUT2D eigenvalue weighted by atomic mass is 79.9. The fourth-order valence-electron chi connectivity index (χ4n) is 2.62. The van der Waals surface area contributed by atoms with E-state index in [4.69, 9.17) is 0 Å². The summed E-state index contributed by atoms with van der Waals surface area (Å²) in [5.41, 5.74) is 1.13. The molecule has 0 amide bonds. The van der Waals surface area contributed by atoms with Crippen LogP contribution in [-0.2, 0) is 0 Å². The largest absolute Gasteiger partial charge is 0.207 e. The van der Waals surface area contributed by atoms with Gasteiger partial charge >= 0.3 is 0 Å². The Hall–Kier alpha value is -0.370. The Morgan fingerprint density at radius 3 is 2.25 bits per heavy atom. The molecule has 0 heterocycles. The molecule has 1 atom stereocenters. The number of alkyl halides is 1. The second-order valence-corrected chi connectivity index (χ2v) is 6.32. The second kappa shape index (κ2) is 11.3. The van der Waals surface area contributed by atoms with Gasteiger partial charge in [-0.15, -0.1) is 0 Å². The number of halogens is 2. The Morgan fingerprint density at radius 1 is 1.00 bits per heavy atom. The minimum atomic E-state index is -0.121. The zero-order chi connectivity index (χ0) is 14.6. The Morgan fingerprint density at radius 2 is 1.65 bits per heavy atom. The molecule has 1 rings (SSSR count). The first-order valence-electron chi connectivity index (χ1n) is 8.09. The van der Waals surface area contributed by atoms with Crippen molar-refractivity contribution < 1.29 is 4.39 Å². The van der Waals surface area contributed by atoms with Gasteiger partial charge in [0.25, 0.3) is 0 Å². The van der Waals surface area contributed by atoms with Crippen LogP contribution in [0.15, 0.2) is 24.3 Å². The molecule has 1 aromatic rings. The van der Waals surface area contributed by atoms with E-state index in [1.54, 1.807) is 6.07 Å². The van der Waals surface area contributed by atoms with Crippen LogP contribution >= 0.6 is 15.9 Å². The molecule has 0 nitrogen and oxygen atoms in total. The maximum absolute atomic E-state index is 13.2. The second-order valence-electron chi connectivity index (χ2n) is 5.67. The standard InChI is InChI=1S/C18H28BrF/c1-2-3-4-5-6-7-8-9-11-17(15-19)16-12-10-13-18(20)14-16/h10,12-14,17H,2-9,11,15H2,1H3. The molecule has 0 aliphatic heterocycles. The Bertz CT molecular complexity index is 351. The first kappa shape index (κ1) is 17.7. The quantitative estimate of drug-likeness (QED) is 0.305. The van der Waals surface area contributed by atoms with E-state index in [0.29, 0.717) is 5.92 Å². The molecule has 0 saturated heterocycles. The van der Waals surface area contributed by atoms with Crippen molar-refractivity contribution in [1.29, 1.82) is 0 Å². The van der Waals surface area contributed by atoms with Crippen molar-refractivity contribution in [3.05, 3.63) is 35.6 Å². The van der Waals surface area contributed by atoms with Crippen LogP contribution in [0.2, 0.25) is 0 Å². The summed E-state index contributed by atoms with van der Waals surface area (Å²) in [5, 5.41) is 0.924. The molecule has 0 N–H and O–H groups in total. The third-order valence-electron chi connectivity index (χ3n) is 3.91. The monoisotopic (exact) mass is 342 g/mol. The summed E-state index contributed by atoms with van der Waals surface area (Å²) in [7, 11) is 0. The number of hydrogen-bond acceptors (Lipinski definition) is 0. The maximum Gasteiger partial charge on any atom is 0.123 e. The number of benzene rings is 1. The van der Waals surface area contributed by atoms with E-state index < -0.39 is 0 Å². The topological polar surface area (TPSA) is 0 Å². The molecule has 114 valence electrons. The molecule has 20 heavy (non-hydrogen) atoms. The van der Waals surface area contributed by atoms with Gasteiger partial charge in [0.15, 0.2) is 0 Å². The zero-order valence-electron chi connectivity index (χ0n) is 12.7. The van der Waals surface area contributed by atoms with Crippen LogP contribution in [0.3, 0.4) is 0 Å². The van der Waals surface area contributed by atoms with E-state index in [-0.39, 0.29) is 5.82 Å². The van der Waals surface area contributed by atoms with Gasteiger partial charge in [0.1, 0.15) is 5.82 Å². The van der Waals surface area contributed by atoms with Crippen LogP contribution < -0.4 is 0 Å². The lowest BCUT2D eigenvalue weighted by molar-refractivity contribution is 0.544. The minimum absolute atomic E-state index is 0.121. The highest BCUT2D eigenvalue weighted by Crippen LogP contribution is 2.25. The van der Waals surface area contributed by atoms with Gasteiger partial charge in [-0.05, 0) is 30.0 Å². The van der Waals surface area contributed by atoms with Crippen molar-refractivity contribution >= 4 is 15.9 Å². The smallest absolute Gasteiger partial charge is 0.123 e. The lowest BCUT2D eigenvalue weighted by Crippen LogP contribution is -2.01. The van der Waals surface area contributed by atoms with E-state index in [2.05, 4.69) is 22.9 Å². The SMILES string of the molecule is CCCCCCCCCCC(CBr)c1cccc(F)c1. The molecular formula is C18H28BrF. The molecule has 2 heteroatoms. The normalized spacial score (nSPS) is 12.6. The van der Waals surface area contributed by atoms with Gasteiger partial charge in [0.2, 0.25) is 0 Å². The molecule has 0 radical (unpaired) electrons. The molecule has 0 saturated carbocycles. The Kier molecular flexibility index (Phi) is 10.00. The predicted molar refractivity (Wildman–Crippen MR) is 90.2 cm³/mol. The highest BCUT2D eigenvalue weighted by molar-refractivity contribution is 9.09. The lowest BCUT2D eigenvalue weighted by Gasteiger charge is -2.14. The average Bonchev–Trinajstić information content (AvgIpc) is 2.46. The van der Waals surface area contributed by atoms with Gasteiger partial charge in [-0.2, -0.15) is 0 Å².